The molecule has 1 aliphatic heterocycles. The zero-order valence-corrected chi connectivity index (χ0v) is 16.0. The Kier molecular flexibility index (Phi) is 6.16. The highest BCUT2D eigenvalue weighted by Crippen LogP contribution is 2.25. The van der Waals surface area contributed by atoms with Crippen LogP contribution in [0.4, 0.5) is 0 Å². The van der Waals surface area contributed by atoms with Gasteiger partial charge in [0.05, 0.1) is 6.26 Å². The van der Waals surface area contributed by atoms with Crippen molar-refractivity contribution in [1.29, 1.82) is 0 Å². The molecule has 1 aromatic heterocycles. The summed E-state index contributed by atoms with van der Waals surface area (Å²) in [5.74, 6) is 0.493. The zero-order valence-electron chi connectivity index (χ0n) is 15.2. The molecular weight excluding hydrogens is 354 g/mol. The van der Waals surface area contributed by atoms with Crippen molar-refractivity contribution in [3.05, 3.63) is 30.2 Å². The summed E-state index contributed by atoms with van der Waals surface area (Å²) in [5.41, 5.74) is 0. The van der Waals surface area contributed by atoms with E-state index < -0.39 is 10.2 Å². The summed E-state index contributed by atoms with van der Waals surface area (Å²) in [5, 5.41) is 0. The van der Waals surface area contributed by atoms with Crippen molar-refractivity contribution in [2.45, 2.75) is 38.1 Å². The van der Waals surface area contributed by atoms with Crippen LogP contribution in [0.25, 0.3) is 6.08 Å². The van der Waals surface area contributed by atoms with Crippen molar-refractivity contribution < 1.29 is 17.6 Å². The number of hydrogen-bond donors (Lipinski definition) is 0. The quantitative estimate of drug-likeness (QED) is 0.731. The highest BCUT2D eigenvalue weighted by molar-refractivity contribution is 7.86. The molecule has 144 valence electrons. The first-order valence-corrected chi connectivity index (χ1v) is 10.6. The van der Waals surface area contributed by atoms with E-state index in [4.69, 9.17) is 4.42 Å². The van der Waals surface area contributed by atoms with Gasteiger partial charge in [0.25, 0.3) is 10.2 Å². The number of furan rings is 1. The highest BCUT2D eigenvalue weighted by atomic mass is 32.2. The molecule has 8 heteroatoms. The van der Waals surface area contributed by atoms with Crippen LogP contribution in [0.1, 0.15) is 37.9 Å². The van der Waals surface area contributed by atoms with E-state index in [1.807, 2.05) is 0 Å². The Morgan fingerprint density at radius 1 is 1.19 bits per heavy atom. The summed E-state index contributed by atoms with van der Waals surface area (Å²) in [6.07, 6.45) is 9.90. The van der Waals surface area contributed by atoms with Crippen LogP contribution in [0.3, 0.4) is 0 Å². The van der Waals surface area contributed by atoms with Crippen molar-refractivity contribution in [1.82, 2.24) is 13.5 Å². The van der Waals surface area contributed by atoms with Gasteiger partial charge in [-0.05, 0) is 31.1 Å². The SMILES string of the molecule is CN(C1CCCCC1)S(=O)(=O)N1CCN(C(=O)/C=C/c2ccco2)CC1. The van der Waals surface area contributed by atoms with Crippen molar-refractivity contribution in [3.8, 4) is 0 Å². The molecule has 0 spiro atoms. The molecule has 2 fully saturated rings. The zero-order chi connectivity index (χ0) is 18.6. The Labute approximate surface area is 155 Å². The number of carbonyl (C=O) groups is 1. The molecular formula is C18H27N3O4S. The lowest BCUT2D eigenvalue weighted by molar-refractivity contribution is -0.127. The van der Waals surface area contributed by atoms with E-state index in [0.29, 0.717) is 31.9 Å². The highest BCUT2D eigenvalue weighted by Gasteiger charge is 2.35. The Morgan fingerprint density at radius 3 is 2.50 bits per heavy atom. The molecule has 1 saturated heterocycles. The summed E-state index contributed by atoms with van der Waals surface area (Å²) in [6, 6.07) is 3.64. The molecule has 1 saturated carbocycles. The van der Waals surface area contributed by atoms with Gasteiger partial charge in [-0.3, -0.25) is 4.79 Å². The number of amides is 1. The fourth-order valence-electron chi connectivity index (χ4n) is 3.60. The molecule has 2 heterocycles. The van der Waals surface area contributed by atoms with Crippen molar-refractivity contribution >= 4 is 22.2 Å². The van der Waals surface area contributed by atoms with E-state index in [-0.39, 0.29) is 11.9 Å². The fraction of sp³-hybridized carbons (Fsp3) is 0.611. The lowest BCUT2D eigenvalue weighted by Gasteiger charge is -2.38. The van der Waals surface area contributed by atoms with E-state index in [0.717, 1.165) is 25.7 Å². The maximum atomic E-state index is 12.9. The van der Waals surface area contributed by atoms with Gasteiger partial charge in [-0.15, -0.1) is 0 Å². The number of rotatable bonds is 5. The van der Waals surface area contributed by atoms with Gasteiger partial charge >= 0.3 is 0 Å². The number of piperazine rings is 1. The Hall–Kier alpha value is -1.64. The summed E-state index contributed by atoms with van der Waals surface area (Å²) >= 11 is 0. The minimum atomic E-state index is -3.46. The first kappa shape index (κ1) is 19.1. The molecule has 0 radical (unpaired) electrons. The monoisotopic (exact) mass is 381 g/mol. The van der Waals surface area contributed by atoms with E-state index in [2.05, 4.69) is 0 Å². The van der Waals surface area contributed by atoms with Crippen LogP contribution in [-0.4, -0.2) is 67.1 Å². The van der Waals surface area contributed by atoms with Gasteiger partial charge in [0, 0.05) is 45.3 Å². The van der Waals surface area contributed by atoms with Gasteiger partial charge < -0.3 is 9.32 Å². The molecule has 1 amide bonds. The van der Waals surface area contributed by atoms with Gasteiger partial charge in [0.1, 0.15) is 5.76 Å². The van der Waals surface area contributed by atoms with E-state index >= 15 is 0 Å². The van der Waals surface area contributed by atoms with Crippen molar-refractivity contribution in [2.24, 2.45) is 0 Å². The van der Waals surface area contributed by atoms with Crippen LogP contribution < -0.4 is 0 Å². The topological polar surface area (TPSA) is 74.1 Å². The largest absolute Gasteiger partial charge is 0.465 e. The first-order valence-electron chi connectivity index (χ1n) is 9.22. The van der Waals surface area contributed by atoms with Gasteiger partial charge in [-0.25, -0.2) is 0 Å². The summed E-state index contributed by atoms with van der Waals surface area (Å²) in [4.78, 5) is 13.9. The molecule has 0 aromatic carbocycles. The molecule has 1 aromatic rings. The number of carbonyl (C=O) groups excluding carboxylic acids is 1. The summed E-state index contributed by atoms with van der Waals surface area (Å²) in [6.45, 7) is 1.47. The van der Waals surface area contributed by atoms with Crippen LogP contribution >= 0.6 is 0 Å². The summed E-state index contributed by atoms with van der Waals surface area (Å²) in [7, 11) is -1.77. The third kappa shape index (κ3) is 4.36. The standard InChI is InChI=1S/C18H27N3O4S/c1-19(16-6-3-2-4-7-16)26(23,24)21-13-11-20(12-14-21)18(22)10-9-17-8-5-15-25-17/h5,8-10,15-16H,2-4,6-7,11-14H2,1H3/b10-9+. The molecule has 1 aliphatic carbocycles. The Morgan fingerprint density at radius 2 is 1.88 bits per heavy atom. The van der Waals surface area contributed by atoms with Crippen molar-refractivity contribution in [2.75, 3.05) is 33.2 Å². The Bertz CT molecular complexity index is 716. The Balaban J connectivity index is 1.54. The smallest absolute Gasteiger partial charge is 0.282 e. The van der Waals surface area contributed by atoms with Crippen LogP contribution in [-0.2, 0) is 15.0 Å². The minimum Gasteiger partial charge on any atom is -0.465 e. The average Bonchev–Trinajstić information content (AvgIpc) is 3.20. The summed E-state index contributed by atoms with van der Waals surface area (Å²) < 4.78 is 33.9. The van der Waals surface area contributed by atoms with E-state index in [9.17, 15) is 13.2 Å². The first-order chi connectivity index (χ1) is 12.5. The molecule has 2 aliphatic rings. The second-order valence-electron chi connectivity index (χ2n) is 6.89. The van der Waals surface area contributed by atoms with Gasteiger partial charge in [-0.1, -0.05) is 19.3 Å². The fourth-order valence-corrected chi connectivity index (χ4v) is 5.18. The van der Waals surface area contributed by atoms with Crippen LogP contribution in [0, 0.1) is 0 Å². The third-order valence-corrected chi connectivity index (χ3v) is 7.31. The van der Waals surface area contributed by atoms with Gasteiger partial charge in [0.2, 0.25) is 5.91 Å². The average molecular weight is 381 g/mol. The maximum absolute atomic E-state index is 12.9. The molecule has 7 nitrogen and oxygen atoms in total. The van der Waals surface area contributed by atoms with Gasteiger partial charge in [0.15, 0.2) is 0 Å². The predicted molar refractivity (Wildman–Crippen MR) is 99.5 cm³/mol. The van der Waals surface area contributed by atoms with Crippen molar-refractivity contribution in [3.63, 3.8) is 0 Å². The molecule has 0 N–H and O–H groups in total. The second kappa shape index (κ2) is 8.37. The van der Waals surface area contributed by atoms with Crippen LogP contribution in [0.15, 0.2) is 28.9 Å². The third-order valence-electron chi connectivity index (χ3n) is 5.26. The molecule has 0 bridgehead atoms. The van der Waals surface area contributed by atoms with E-state index in [1.54, 1.807) is 40.7 Å². The predicted octanol–water partition coefficient (Wildman–Crippen LogP) is 1.95. The number of nitrogens with zero attached hydrogens (tertiary/aromatic N) is 3. The lowest BCUT2D eigenvalue weighted by atomic mass is 9.96. The van der Waals surface area contributed by atoms with Crippen LogP contribution in [0.5, 0.6) is 0 Å². The number of hydrogen-bond acceptors (Lipinski definition) is 4. The molecule has 0 atom stereocenters. The van der Waals surface area contributed by atoms with Crippen LogP contribution in [0.2, 0.25) is 0 Å². The second-order valence-corrected chi connectivity index (χ2v) is 8.88. The molecule has 26 heavy (non-hydrogen) atoms. The molecule has 3 rings (SSSR count). The normalized spacial score (nSPS) is 20.9. The lowest BCUT2D eigenvalue weighted by Crippen LogP contribution is -2.55. The molecule has 0 unspecified atom stereocenters. The minimum absolute atomic E-state index is 0.102. The van der Waals surface area contributed by atoms with Gasteiger partial charge in [-0.2, -0.15) is 17.0 Å². The maximum Gasteiger partial charge on any atom is 0.282 e. The van der Waals surface area contributed by atoms with E-state index in [1.165, 1.54) is 16.8 Å².